The first kappa shape index (κ1) is 19.0. The largest absolute Gasteiger partial charge is 0.361 e. The van der Waals surface area contributed by atoms with E-state index in [0.717, 1.165) is 18.9 Å². The summed E-state index contributed by atoms with van der Waals surface area (Å²) in [5.74, 6) is 0.814. The molecule has 0 aliphatic heterocycles. The Hall–Kier alpha value is -2.38. The molecular weight excluding hydrogens is 340 g/mol. The molecule has 4 rings (SSSR count). The standard InChI is InChI=1S/C27H30O/c1-5-13-23(14-6-1)21-22-28-27(24-15-7-2-8-16-24,25-17-9-3-10-18-25)26-19-11-4-12-20-26/h2-4,7-12,15-20,23H,1,5-6,13-14,21-22H2. The third kappa shape index (κ3) is 4.05. The molecule has 0 bridgehead atoms. The van der Waals surface area contributed by atoms with Gasteiger partial charge in [0.25, 0.3) is 0 Å². The van der Waals surface area contributed by atoms with E-state index < -0.39 is 5.60 Å². The molecule has 0 N–H and O–H groups in total. The van der Waals surface area contributed by atoms with Crippen LogP contribution in [0.5, 0.6) is 0 Å². The van der Waals surface area contributed by atoms with Crippen molar-refractivity contribution in [1.82, 2.24) is 0 Å². The molecule has 144 valence electrons. The second-order valence-electron chi connectivity index (χ2n) is 7.92. The molecule has 1 saturated carbocycles. The molecule has 0 heterocycles. The number of ether oxygens (including phenoxy) is 1. The van der Waals surface area contributed by atoms with Crippen LogP contribution in [0.2, 0.25) is 0 Å². The number of benzene rings is 3. The lowest BCUT2D eigenvalue weighted by atomic mass is 9.80. The molecule has 0 saturated heterocycles. The van der Waals surface area contributed by atoms with Crippen LogP contribution >= 0.6 is 0 Å². The highest BCUT2D eigenvalue weighted by atomic mass is 16.5. The van der Waals surface area contributed by atoms with Gasteiger partial charge in [0.05, 0.1) is 0 Å². The summed E-state index contributed by atoms with van der Waals surface area (Å²) >= 11 is 0. The molecule has 1 aliphatic rings. The van der Waals surface area contributed by atoms with Crippen molar-refractivity contribution in [3.8, 4) is 0 Å². The number of hydrogen-bond donors (Lipinski definition) is 0. The number of rotatable bonds is 7. The van der Waals surface area contributed by atoms with E-state index in [0.29, 0.717) is 0 Å². The lowest BCUT2D eigenvalue weighted by Gasteiger charge is -2.36. The van der Waals surface area contributed by atoms with Crippen molar-refractivity contribution in [3.05, 3.63) is 108 Å². The Morgan fingerprint density at radius 3 is 1.46 bits per heavy atom. The average Bonchev–Trinajstić information content (AvgIpc) is 2.79. The molecule has 1 nitrogen and oxygen atoms in total. The van der Waals surface area contributed by atoms with Crippen molar-refractivity contribution in [2.45, 2.75) is 44.1 Å². The van der Waals surface area contributed by atoms with Crippen LogP contribution in [0, 0.1) is 5.92 Å². The predicted octanol–water partition coefficient (Wildman–Crippen LogP) is 6.97. The van der Waals surface area contributed by atoms with Crippen molar-refractivity contribution >= 4 is 0 Å². The van der Waals surface area contributed by atoms with Gasteiger partial charge in [0.1, 0.15) is 5.60 Å². The van der Waals surface area contributed by atoms with E-state index in [2.05, 4.69) is 91.0 Å². The summed E-state index contributed by atoms with van der Waals surface area (Å²) in [4.78, 5) is 0. The van der Waals surface area contributed by atoms with Crippen molar-refractivity contribution < 1.29 is 4.74 Å². The molecular formula is C27H30O. The van der Waals surface area contributed by atoms with Crippen LogP contribution in [0.1, 0.15) is 55.2 Å². The highest BCUT2D eigenvalue weighted by Gasteiger charge is 2.37. The second kappa shape index (κ2) is 9.21. The SMILES string of the molecule is c1ccc(C(OCCC2CCCCC2)(c2ccccc2)c2ccccc2)cc1. The minimum absolute atomic E-state index is 0.571. The highest BCUT2D eigenvalue weighted by Crippen LogP contribution is 2.41. The molecule has 0 radical (unpaired) electrons. The van der Waals surface area contributed by atoms with Gasteiger partial charge >= 0.3 is 0 Å². The Kier molecular flexibility index (Phi) is 6.24. The summed E-state index contributed by atoms with van der Waals surface area (Å²) < 4.78 is 6.89. The zero-order valence-corrected chi connectivity index (χ0v) is 16.6. The van der Waals surface area contributed by atoms with E-state index in [1.807, 2.05) is 0 Å². The quantitative estimate of drug-likeness (QED) is 0.408. The Morgan fingerprint density at radius 2 is 1.04 bits per heavy atom. The topological polar surface area (TPSA) is 9.23 Å². The summed E-state index contributed by atoms with van der Waals surface area (Å²) in [6.07, 6.45) is 8.03. The fourth-order valence-corrected chi connectivity index (χ4v) is 4.62. The van der Waals surface area contributed by atoms with Crippen molar-refractivity contribution in [2.75, 3.05) is 6.61 Å². The van der Waals surface area contributed by atoms with Crippen LogP contribution in [0.3, 0.4) is 0 Å². The van der Waals surface area contributed by atoms with E-state index in [1.165, 1.54) is 48.8 Å². The highest BCUT2D eigenvalue weighted by molar-refractivity contribution is 5.47. The smallest absolute Gasteiger partial charge is 0.143 e. The van der Waals surface area contributed by atoms with Gasteiger partial charge in [-0.1, -0.05) is 123 Å². The molecule has 3 aromatic carbocycles. The molecule has 0 atom stereocenters. The molecule has 0 spiro atoms. The molecule has 0 amide bonds. The van der Waals surface area contributed by atoms with Gasteiger partial charge in [0, 0.05) is 6.61 Å². The maximum Gasteiger partial charge on any atom is 0.143 e. The first-order chi connectivity index (χ1) is 13.9. The summed E-state index contributed by atoms with van der Waals surface area (Å²) in [6, 6.07) is 32.1. The van der Waals surface area contributed by atoms with Crippen molar-refractivity contribution in [2.24, 2.45) is 5.92 Å². The van der Waals surface area contributed by atoms with E-state index in [1.54, 1.807) is 0 Å². The first-order valence-corrected chi connectivity index (χ1v) is 10.7. The lowest BCUT2D eigenvalue weighted by molar-refractivity contribution is 0.00360. The average molecular weight is 371 g/mol. The van der Waals surface area contributed by atoms with Gasteiger partial charge < -0.3 is 4.74 Å². The fraction of sp³-hybridized carbons (Fsp3) is 0.333. The van der Waals surface area contributed by atoms with Crippen LogP contribution < -0.4 is 0 Å². The summed E-state index contributed by atoms with van der Waals surface area (Å²) in [5.41, 5.74) is 3.00. The third-order valence-electron chi connectivity index (χ3n) is 6.11. The monoisotopic (exact) mass is 370 g/mol. The van der Waals surface area contributed by atoms with Crippen LogP contribution in [-0.4, -0.2) is 6.61 Å². The van der Waals surface area contributed by atoms with Gasteiger partial charge in [-0.2, -0.15) is 0 Å². The van der Waals surface area contributed by atoms with Crippen molar-refractivity contribution in [3.63, 3.8) is 0 Å². The Morgan fingerprint density at radius 1 is 0.607 bits per heavy atom. The van der Waals surface area contributed by atoms with Crippen molar-refractivity contribution in [1.29, 1.82) is 0 Å². The lowest BCUT2D eigenvalue weighted by Crippen LogP contribution is -2.33. The summed E-state index contributed by atoms with van der Waals surface area (Å²) in [6.45, 7) is 0.781. The molecule has 1 heteroatoms. The molecule has 1 fully saturated rings. The minimum Gasteiger partial charge on any atom is -0.361 e. The second-order valence-corrected chi connectivity index (χ2v) is 7.92. The van der Waals surface area contributed by atoms with Gasteiger partial charge in [-0.25, -0.2) is 0 Å². The first-order valence-electron chi connectivity index (χ1n) is 10.7. The Bertz CT molecular complexity index is 723. The number of hydrogen-bond acceptors (Lipinski definition) is 1. The van der Waals surface area contributed by atoms with Gasteiger partial charge in [0.15, 0.2) is 0 Å². The Labute approximate surface area is 169 Å². The van der Waals surface area contributed by atoms with Crippen LogP contribution in [-0.2, 0) is 10.3 Å². The predicted molar refractivity (Wildman–Crippen MR) is 116 cm³/mol. The van der Waals surface area contributed by atoms with Gasteiger partial charge in [-0.15, -0.1) is 0 Å². The minimum atomic E-state index is -0.571. The van der Waals surface area contributed by atoms with E-state index >= 15 is 0 Å². The molecule has 0 unspecified atom stereocenters. The van der Waals surface area contributed by atoms with E-state index in [4.69, 9.17) is 4.74 Å². The van der Waals surface area contributed by atoms with E-state index in [-0.39, 0.29) is 0 Å². The molecule has 3 aromatic rings. The maximum atomic E-state index is 6.89. The summed E-state index contributed by atoms with van der Waals surface area (Å²) in [7, 11) is 0. The Balaban J connectivity index is 1.72. The fourth-order valence-electron chi connectivity index (χ4n) is 4.62. The van der Waals surface area contributed by atoms with Crippen LogP contribution in [0.15, 0.2) is 91.0 Å². The molecule has 1 aliphatic carbocycles. The van der Waals surface area contributed by atoms with E-state index in [9.17, 15) is 0 Å². The zero-order chi connectivity index (χ0) is 19.1. The van der Waals surface area contributed by atoms with Crippen LogP contribution in [0.25, 0.3) is 0 Å². The van der Waals surface area contributed by atoms with Gasteiger partial charge in [-0.3, -0.25) is 0 Å². The molecule has 0 aromatic heterocycles. The zero-order valence-electron chi connectivity index (χ0n) is 16.6. The van der Waals surface area contributed by atoms with Gasteiger partial charge in [0.2, 0.25) is 0 Å². The molecule has 28 heavy (non-hydrogen) atoms. The summed E-state index contributed by atoms with van der Waals surface area (Å²) in [5, 5.41) is 0. The van der Waals surface area contributed by atoms with Gasteiger partial charge in [-0.05, 0) is 29.0 Å². The normalized spacial score (nSPS) is 15.4. The maximum absolute atomic E-state index is 6.89. The van der Waals surface area contributed by atoms with Crippen LogP contribution in [0.4, 0.5) is 0 Å². The third-order valence-corrected chi connectivity index (χ3v) is 6.11.